The number of azo groups is 1. The largest absolute Gasteiger partial charge is 0.416 e. The number of rotatable bonds is 5. The van der Waals surface area contributed by atoms with Crippen LogP contribution in [0.25, 0.3) is 11.1 Å². The molecule has 0 aliphatic heterocycles. The molecule has 0 aliphatic carbocycles. The van der Waals surface area contributed by atoms with Gasteiger partial charge in [0.25, 0.3) is 0 Å². The molecule has 0 unspecified atom stereocenters. The van der Waals surface area contributed by atoms with Crippen LogP contribution in [0.1, 0.15) is 12.5 Å². The highest BCUT2D eigenvalue weighted by Crippen LogP contribution is 2.31. The number of hydrogen-bond acceptors (Lipinski definition) is 3. The molecule has 0 aliphatic rings. The maximum Gasteiger partial charge on any atom is 0.416 e. The normalized spacial score (nSPS) is 11.7. The molecule has 27 heavy (non-hydrogen) atoms. The van der Waals surface area contributed by atoms with E-state index in [4.69, 9.17) is 0 Å². The molecule has 138 valence electrons. The fourth-order valence-corrected chi connectivity index (χ4v) is 2.54. The third-order valence-electron chi connectivity index (χ3n) is 3.94. The monoisotopic (exact) mass is 369 g/mol. The van der Waals surface area contributed by atoms with Crippen LogP contribution in [0.4, 0.5) is 30.2 Å². The Hall–Kier alpha value is -3.15. The van der Waals surface area contributed by atoms with Gasteiger partial charge in [0.15, 0.2) is 0 Å². The second kappa shape index (κ2) is 8.03. The first-order chi connectivity index (χ1) is 13.0. The second-order valence-electron chi connectivity index (χ2n) is 5.90. The number of nitrogens with one attached hydrogen (secondary N) is 1. The molecular formula is C21H18F3N3. The lowest BCUT2D eigenvalue weighted by molar-refractivity contribution is -0.137. The number of halogens is 3. The van der Waals surface area contributed by atoms with Crippen molar-refractivity contribution in [2.45, 2.75) is 13.1 Å². The Labute approximate surface area is 155 Å². The molecule has 0 bridgehead atoms. The van der Waals surface area contributed by atoms with Crippen molar-refractivity contribution in [3.63, 3.8) is 0 Å². The molecule has 3 nitrogen and oxygen atoms in total. The Morgan fingerprint density at radius 1 is 0.704 bits per heavy atom. The van der Waals surface area contributed by atoms with Gasteiger partial charge in [0.05, 0.1) is 16.9 Å². The summed E-state index contributed by atoms with van der Waals surface area (Å²) < 4.78 is 37.7. The summed E-state index contributed by atoms with van der Waals surface area (Å²) >= 11 is 0. The van der Waals surface area contributed by atoms with E-state index in [0.717, 1.165) is 35.5 Å². The van der Waals surface area contributed by atoms with Gasteiger partial charge in [-0.1, -0.05) is 24.3 Å². The van der Waals surface area contributed by atoms with Crippen molar-refractivity contribution in [2.75, 3.05) is 11.9 Å². The molecule has 0 saturated heterocycles. The first-order valence-electron chi connectivity index (χ1n) is 8.49. The first kappa shape index (κ1) is 18.6. The maximum atomic E-state index is 12.6. The van der Waals surface area contributed by atoms with Crippen molar-refractivity contribution in [2.24, 2.45) is 10.2 Å². The quantitative estimate of drug-likeness (QED) is 0.474. The molecule has 0 saturated carbocycles. The fraction of sp³-hybridized carbons (Fsp3) is 0.143. The Kier molecular flexibility index (Phi) is 5.54. The van der Waals surface area contributed by atoms with Crippen molar-refractivity contribution in [1.82, 2.24) is 0 Å². The maximum absolute atomic E-state index is 12.6. The zero-order valence-corrected chi connectivity index (χ0v) is 14.7. The second-order valence-corrected chi connectivity index (χ2v) is 5.90. The highest BCUT2D eigenvalue weighted by Gasteiger charge is 2.29. The molecule has 0 amide bonds. The summed E-state index contributed by atoms with van der Waals surface area (Å²) in [5.41, 5.74) is 3.50. The average Bonchev–Trinajstić information content (AvgIpc) is 2.67. The van der Waals surface area contributed by atoms with Gasteiger partial charge in [-0.3, -0.25) is 0 Å². The van der Waals surface area contributed by atoms with Gasteiger partial charge in [-0.25, -0.2) is 0 Å². The van der Waals surface area contributed by atoms with Gasteiger partial charge in [0.1, 0.15) is 0 Å². The molecule has 3 aromatic rings. The Bertz CT molecular complexity index is 897. The van der Waals surface area contributed by atoms with Gasteiger partial charge in [0.2, 0.25) is 0 Å². The van der Waals surface area contributed by atoms with Crippen LogP contribution in [0.3, 0.4) is 0 Å². The van der Waals surface area contributed by atoms with Crippen LogP contribution in [0.2, 0.25) is 0 Å². The topological polar surface area (TPSA) is 36.8 Å². The van der Waals surface area contributed by atoms with Gasteiger partial charge in [-0.05, 0) is 66.6 Å². The van der Waals surface area contributed by atoms with Crippen LogP contribution in [0.15, 0.2) is 83.0 Å². The van der Waals surface area contributed by atoms with Crippen LogP contribution in [0.5, 0.6) is 0 Å². The van der Waals surface area contributed by atoms with Crippen LogP contribution in [-0.4, -0.2) is 6.54 Å². The zero-order valence-electron chi connectivity index (χ0n) is 14.7. The van der Waals surface area contributed by atoms with Gasteiger partial charge in [-0.2, -0.15) is 23.4 Å². The third-order valence-corrected chi connectivity index (χ3v) is 3.94. The molecule has 6 heteroatoms. The Balaban J connectivity index is 1.69. The molecule has 0 atom stereocenters. The SMILES string of the molecule is CCNc1ccc(-c2ccc(N=Nc3ccc(C(F)(F)F)cc3)cc2)cc1. The van der Waals surface area contributed by atoms with E-state index in [0.29, 0.717) is 11.4 Å². The zero-order chi connectivity index (χ0) is 19.3. The van der Waals surface area contributed by atoms with Crippen molar-refractivity contribution >= 4 is 17.1 Å². The predicted molar refractivity (Wildman–Crippen MR) is 102 cm³/mol. The van der Waals surface area contributed by atoms with E-state index < -0.39 is 11.7 Å². The van der Waals surface area contributed by atoms with E-state index in [9.17, 15) is 13.2 Å². The van der Waals surface area contributed by atoms with Gasteiger partial charge in [0, 0.05) is 12.2 Å². The minimum atomic E-state index is -4.35. The average molecular weight is 369 g/mol. The highest BCUT2D eigenvalue weighted by atomic mass is 19.4. The number of anilines is 1. The smallest absolute Gasteiger partial charge is 0.385 e. The lowest BCUT2D eigenvalue weighted by Crippen LogP contribution is -2.03. The molecule has 3 rings (SSSR count). The number of hydrogen-bond donors (Lipinski definition) is 1. The van der Waals surface area contributed by atoms with Gasteiger partial charge < -0.3 is 5.32 Å². The highest BCUT2D eigenvalue weighted by molar-refractivity contribution is 5.67. The standard InChI is InChI=1S/C21H18F3N3/c1-2-25-18-9-3-15(4-10-18)16-5-11-19(12-6-16)26-27-20-13-7-17(8-14-20)21(22,23)24/h3-14,25H,2H2,1H3. The van der Waals surface area contributed by atoms with Crippen LogP contribution >= 0.6 is 0 Å². The molecule has 0 spiro atoms. The minimum absolute atomic E-state index is 0.367. The Morgan fingerprint density at radius 3 is 1.59 bits per heavy atom. The van der Waals surface area contributed by atoms with E-state index >= 15 is 0 Å². The van der Waals surface area contributed by atoms with Crippen LogP contribution < -0.4 is 5.32 Å². The van der Waals surface area contributed by atoms with Crippen molar-refractivity contribution in [3.8, 4) is 11.1 Å². The van der Waals surface area contributed by atoms with E-state index in [1.165, 1.54) is 12.1 Å². The van der Waals surface area contributed by atoms with E-state index in [-0.39, 0.29) is 0 Å². The van der Waals surface area contributed by atoms with Crippen LogP contribution in [0, 0.1) is 0 Å². The lowest BCUT2D eigenvalue weighted by Gasteiger charge is -2.06. The molecular weight excluding hydrogens is 351 g/mol. The summed E-state index contributed by atoms with van der Waals surface area (Å²) in [6, 6.07) is 20.2. The molecule has 3 aromatic carbocycles. The fourth-order valence-electron chi connectivity index (χ4n) is 2.54. The van der Waals surface area contributed by atoms with Gasteiger partial charge in [-0.15, -0.1) is 0 Å². The van der Waals surface area contributed by atoms with E-state index in [1.807, 2.05) is 55.5 Å². The first-order valence-corrected chi connectivity index (χ1v) is 8.49. The van der Waals surface area contributed by atoms with Crippen molar-refractivity contribution in [3.05, 3.63) is 78.4 Å². The minimum Gasteiger partial charge on any atom is -0.385 e. The van der Waals surface area contributed by atoms with Crippen molar-refractivity contribution in [1.29, 1.82) is 0 Å². The summed E-state index contributed by atoms with van der Waals surface area (Å²) in [4.78, 5) is 0. The predicted octanol–water partition coefficient (Wildman–Crippen LogP) is 7.22. The summed E-state index contributed by atoms with van der Waals surface area (Å²) in [5, 5.41) is 11.3. The van der Waals surface area contributed by atoms with E-state index in [2.05, 4.69) is 15.5 Å². The molecule has 0 heterocycles. The summed E-state index contributed by atoms with van der Waals surface area (Å²) in [6.07, 6.45) is -4.35. The summed E-state index contributed by atoms with van der Waals surface area (Å²) in [7, 11) is 0. The Morgan fingerprint density at radius 2 is 1.15 bits per heavy atom. The van der Waals surface area contributed by atoms with E-state index in [1.54, 1.807) is 0 Å². The molecule has 0 fully saturated rings. The number of nitrogens with zero attached hydrogens (tertiary/aromatic N) is 2. The summed E-state index contributed by atoms with van der Waals surface area (Å²) in [5.74, 6) is 0. The molecule has 0 aromatic heterocycles. The van der Waals surface area contributed by atoms with Crippen molar-refractivity contribution < 1.29 is 13.2 Å². The summed E-state index contributed by atoms with van der Waals surface area (Å²) in [6.45, 7) is 2.92. The van der Waals surface area contributed by atoms with Crippen LogP contribution in [-0.2, 0) is 6.18 Å². The third kappa shape index (κ3) is 4.94. The lowest BCUT2D eigenvalue weighted by atomic mass is 10.1. The number of alkyl halides is 3. The van der Waals surface area contributed by atoms with Gasteiger partial charge >= 0.3 is 6.18 Å². The number of benzene rings is 3. The molecule has 0 radical (unpaired) electrons. The molecule has 1 N–H and O–H groups in total.